The molecule has 2 aromatic rings. The Bertz CT molecular complexity index is 452. The summed E-state index contributed by atoms with van der Waals surface area (Å²) >= 11 is 0. The Kier molecular flexibility index (Phi) is 3.29. The molecule has 0 heterocycles. The van der Waals surface area contributed by atoms with Crippen LogP contribution < -0.4 is 4.74 Å². The van der Waals surface area contributed by atoms with Crippen LogP contribution in [0.1, 0.15) is 5.56 Å². The number of ether oxygens (including phenoxy) is 1. The summed E-state index contributed by atoms with van der Waals surface area (Å²) in [6.45, 7) is 2.06. The quantitative estimate of drug-likeness (QED) is 0.630. The summed E-state index contributed by atoms with van der Waals surface area (Å²) in [4.78, 5) is 0. The van der Waals surface area contributed by atoms with E-state index in [1.54, 1.807) is 7.11 Å². The zero-order valence-corrected chi connectivity index (χ0v) is 11.4. The molecule has 2 rings (SSSR count). The molecule has 0 bridgehead atoms. The Labute approximate surface area is 90.3 Å². The zero-order valence-electron chi connectivity index (χ0n) is 9.22. The van der Waals surface area contributed by atoms with Gasteiger partial charge in [0.1, 0.15) is 5.75 Å². The molecule has 0 radical (unpaired) electrons. The molecule has 0 fully saturated rings. The minimum atomic E-state index is 0. The van der Waals surface area contributed by atoms with Gasteiger partial charge in [-0.3, -0.25) is 0 Å². The van der Waals surface area contributed by atoms with Crippen LogP contribution in [0.4, 0.5) is 0 Å². The van der Waals surface area contributed by atoms with Crippen LogP contribution in [0.25, 0.3) is 11.1 Å². The van der Waals surface area contributed by atoms with Crippen LogP contribution in [0.2, 0.25) is 0 Å². The molecule has 0 spiro atoms. The second-order valence-corrected chi connectivity index (χ2v) is 3.49. The van der Waals surface area contributed by atoms with E-state index in [2.05, 4.69) is 25.1 Å². The van der Waals surface area contributed by atoms with Crippen LogP contribution in [0.15, 0.2) is 42.5 Å². The minimum absolute atomic E-state index is 0. The topological polar surface area (TPSA) is 9.23 Å². The molecule has 0 N–H and O–H groups in total. The molecule has 0 aliphatic carbocycles. The third-order valence-electron chi connectivity index (χ3n) is 2.39. The van der Waals surface area contributed by atoms with Gasteiger partial charge in [0.25, 0.3) is 0 Å². The second kappa shape index (κ2) is 4.65. The molecule has 0 saturated heterocycles. The Morgan fingerprint density at radius 2 is 1.75 bits per heavy atom. The average molecular weight is 456 g/mol. The largest absolute Gasteiger partial charge is 0.496 e. The Balaban J connectivity index is 0.00000128. The van der Waals surface area contributed by atoms with Crippen LogP contribution in [0, 0.1) is 13.0 Å². The van der Waals surface area contributed by atoms with E-state index < -0.39 is 0 Å². The van der Waals surface area contributed by atoms with Crippen molar-refractivity contribution >= 4 is 0 Å². The fourth-order valence-electron chi connectivity index (χ4n) is 1.60. The first kappa shape index (κ1) is 11.3. The average Bonchev–Trinajstić information content (AvgIpc) is 2.30. The molecular formula is C14H13NoO-. The van der Waals surface area contributed by atoms with Crippen molar-refractivity contribution in [2.24, 2.45) is 0 Å². The maximum atomic E-state index is 5.37. The van der Waals surface area contributed by atoms with Crippen molar-refractivity contribution in [1.82, 2.24) is 0 Å². The van der Waals surface area contributed by atoms with Crippen molar-refractivity contribution in [3.8, 4) is 16.9 Å². The smallest absolute Gasteiger partial charge is 0.124 e. The molecule has 90 valence electrons. The molecule has 2 heteroatoms. The van der Waals surface area contributed by atoms with Crippen molar-refractivity contribution in [3.05, 3.63) is 54.1 Å². The molecule has 2 aromatic carbocycles. The summed E-state index contributed by atoms with van der Waals surface area (Å²) in [6, 6.07) is 17.1. The van der Waals surface area contributed by atoms with Gasteiger partial charge in [0.2, 0.25) is 0 Å². The zero-order chi connectivity index (χ0) is 10.7. The predicted octanol–water partition coefficient (Wildman–Crippen LogP) is 3.47. The van der Waals surface area contributed by atoms with Gasteiger partial charge in [0, 0.05) is 0 Å². The minimum Gasteiger partial charge on any atom is -0.496 e. The van der Waals surface area contributed by atoms with Crippen LogP contribution >= 0.6 is 0 Å². The van der Waals surface area contributed by atoms with Crippen molar-refractivity contribution in [2.75, 3.05) is 7.11 Å². The molecule has 0 aliphatic heterocycles. The van der Waals surface area contributed by atoms with Gasteiger partial charge in [0.15, 0.2) is 0 Å². The number of rotatable bonds is 2. The molecule has 0 aromatic heterocycles. The van der Waals surface area contributed by atoms with Crippen LogP contribution in [-0.4, -0.2) is 7.11 Å². The molecule has 0 atom stereocenters. The van der Waals surface area contributed by atoms with Crippen molar-refractivity contribution in [2.45, 2.75) is 6.92 Å². The first-order valence-electron chi connectivity index (χ1n) is 4.92. The SMILES string of the molecule is COc1cc(C)ccc1-c1cc[c-]cc1.[No]. The van der Waals surface area contributed by atoms with E-state index in [0.29, 0.717) is 0 Å². The van der Waals surface area contributed by atoms with Crippen molar-refractivity contribution < 1.29 is 4.74 Å². The second-order valence-electron chi connectivity index (χ2n) is 3.49. The van der Waals surface area contributed by atoms with E-state index in [0.717, 1.165) is 16.9 Å². The van der Waals surface area contributed by atoms with Gasteiger partial charge in [-0.25, -0.2) is 0 Å². The normalized spacial score (nSPS) is 9.38. The summed E-state index contributed by atoms with van der Waals surface area (Å²) < 4.78 is 5.37. The maximum Gasteiger partial charge on any atom is 0.124 e. The number of hydrogen-bond acceptors (Lipinski definition) is 1. The number of hydrogen-bond donors (Lipinski definition) is 0. The summed E-state index contributed by atoms with van der Waals surface area (Å²) in [5.74, 6) is 0.918. The third-order valence-corrected chi connectivity index (χ3v) is 2.39. The number of methoxy groups -OCH3 is 1. The van der Waals surface area contributed by atoms with Crippen LogP contribution in [-0.2, 0) is 0 Å². The first-order valence-corrected chi connectivity index (χ1v) is 4.92. The van der Waals surface area contributed by atoms with Gasteiger partial charge < -0.3 is 4.74 Å². The Hall–Kier alpha value is -2.76. The monoisotopic (exact) mass is 456 g/mol. The van der Waals surface area contributed by atoms with Gasteiger partial charge in [-0.2, -0.15) is 30.3 Å². The molecule has 0 saturated carbocycles. The van der Waals surface area contributed by atoms with E-state index in [-0.39, 0.29) is 0 Å². The van der Waals surface area contributed by atoms with E-state index in [9.17, 15) is 0 Å². The summed E-state index contributed by atoms with van der Waals surface area (Å²) in [7, 11) is 1.70. The van der Waals surface area contributed by atoms with Gasteiger partial charge in [0.05, 0.1) is 7.11 Å². The van der Waals surface area contributed by atoms with E-state index in [1.165, 1.54) is 5.56 Å². The predicted molar refractivity (Wildman–Crippen MR) is 62.0 cm³/mol. The fraction of sp³-hybridized carbons (Fsp3) is 0.143. The van der Waals surface area contributed by atoms with Gasteiger partial charge in [-0.1, -0.05) is 12.1 Å². The van der Waals surface area contributed by atoms with Crippen LogP contribution in [0.3, 0.4) is 0 Å². The molecule has 0 unspecified atom stereocenters. The first-order chi connectivity index (χ1) is 7.31. The Morgan fingerprint density at radius 1 is 1.06 bits per heavy atom. The third kappa shape index (κ3) is 2.01. The van der Waals surface area contributed by atoms with Gasteiger partial charge in [-0.05, 0) is 24.1 Å². The fourth-order valence-corrected chi connectivity index (χ4v) is 1.60. The van der Waals surface area contributed by atoms with Crippen molar-refractivity contribution in [3.63, 3.8) is 0 Å². The molecule has 16 heavy (non-hydrogen) atoms. The number of aryl methyl sites for hydroxylation is 1. The van der Waals surface area contributed by atoms with Crippen LogP contribution in [0.5, 0.6) is 5.75 Å². The van der Waals surface area contributed by atoms with E-state index >= 15 is 0 Å². The van der Waals surface area contributed by atoms with Gasteiger partial charge in [-0.15, -0.1) is 5.56 Å². The van der Waals surface area contributed by atoms with Crippen molar-refractivity contribution in [1.29, 1.82) is 0 Å². The molecular weight excluding hydrogens is 443 g/mol. The Morgan fingerprint density at radius 3 is 2.38 bits per heavy atom. The molecule has 0 amide bonds. The summed E-state index contributed by atoms with van der Waals surface area (Å²) in [5, 5.41) is 0. The summed E-state index contributed by atoms with van der Waals surface area (Å²) in [6.07, 6.45) is 0. The van der Waals surface area contributed by atoms with E-state index in [4.69, 9.17) is 4.74 Å². The molecule has 1 nitrogen and oxygen atoms in total. The number of benzene rings is 2. The summed E-state index contributed by atoms with van der Waals surface area (Å²) in [5.41, 5.74) is 3.49. The molecule has 0 aliphatic rings. The maximum absolute atomic E-state index is 5.37. The van der Waals surface area contributed by atoms with E-state index in [1.807, 2.05) is 30.3 Å². The standard InChI is InChI=1S/C14H13O.No/c1-11-8-9-13(14(10-11)15-2)12-6-4-3-5-7-12;/h4-10H,1-2H3;/q-1;. The van der Waals surface area contributed by atoms with Gasteiger partial charge >= 0.3 is 0 Å².